The maximum absolute atomic E-state index is 12.1. The molecule has 8 heteroatoms. The van der Waals surface area contributed by atoms with Crippen LogP contribution < -0.4 is 4.72 Å². The maximum atomic E-state index is 12.1. The van der Waals surface area contributed by atoms with Crippen LogP contribution in [0.15, 0.2) is 17.2 Å². The molecule has 1 heterocycles. The monoisotopic (exact) mass is 304 g/mol. The van der Waals surface area contributed by atoms with Crippen LogP contribution in [0.2, 0.25) is 0 Å². The number of aromatic amines is 1. The lowest BCUT2D eigenvalue weighted by Gasteiger charge is -2.29. The summed E-state index contributed by atoms with van der Waals surface area (Å²) in [5.41, 5.74) is -0.691. The summed E-state index contributed by atoms with van der Waals surface area (Å²) >= 11 is 0. The van der Waals surface area contributed by atoms with Crippen LogP contribution in [0.1, 0.15) is 37.2 Å². The number of nitrogens with one attached hydrogen (secondary N) is 2. The van der Waals surface area contributed by atoms with E-state index in [4.69, 9.17) is 5.11 Å². The quantitative estimate of drug-likeness (QED) is 0.566. The molecule has 114 valence electrons. The third-order valence-electron chi connectivity index (χ3n) is 3.67. The van der Waals surface area contributed by atoms with Gasteiger partial charge in [0.2, 0.25) is 10.0 Å². The van der Waals surface area contributed by atoms with Crippen LogP contribution in [0.3, 0.4) is 0 Å². The highest BCUT2D eigenvalue weighted by Crippen LogP contribution is 2.25. The van der Waals surface area contributed by atoms with Crippen molar-refractivity contribution in [3.8, 4) is 0 Å². The molecule has 0 radical (unpaired) electrons. The van der Waals surface area contributed by atoms with Gasteiger partial charge >= 0.3 is 5.97 Å². The molecule has 1 aromatic rings. The zero-order chi connectivity index (χ0) is 15.4. The van der Waals surface area contributed by atoms with Gasteiger partial charge in [-0.15, -0.1) is 0 Å². The molecule has 0 aromatic carbocycles. The number of rotatable bonds is 8. The third-order valence-corrected chi connectivity index (χ3v) is 5.05. The summed E-state index contributed by atoms with van der Waals surface area (Å²) in [5, 5.41) is 18.2. The number of sulfonamides is 1. The topological polar surface area (TPSA) is 119 Å². The van der Waals surface area contributed by atoms with Crippen molar-refractivity contribution in [2.24, 2.45) is 5.41 Å². The first-order chi connectivity index (χ1) is 9.30. The fourth-order valence-electron chi connectivity index (χ4n) is 1.76. The Morgan fingerprint density at radius 1 is 1.40 bits per heavy atom. The average molecular weight is 304 g/mol. The van der Waals surface area contributed by atoms with Gasteiger partial charge in [-0.25, -0.2) is 17.9 Å². The number of aromatic nitrogens is 1. The Morgan fingerprint density at radius 3 is 2.40 bits per heavy atom. The average Bonchev–Trinajstić information content (AvgIpc) is 2.91. The minimum atomic E-state index is -3.79. The van der Waals surface area contributed by atoms with Crippen LogP contribution in [0.5, 0.6) is 0 Å². The van der Waals surface area contributed by atoms with Crippen molar-refractivity contribution in [2.75, 3.05) is 13.2 Å². The molecule has 0 spiro atoms. The van der Waals surface area contributed by atoms with E-state index in [0.717, 1.165) is 12.3 Å². The van der Waals surface area contributed by atoms with E-state index in [0.29, 0.717) is 12.8 Å². The van der Waals surface area contributed by atoms with Gasteiger partial charge in [-0.05, 0) is 18.9 Å². The predicted octanol–water partition coefficient (Wildman–Crippen LogP) is 0.790. The minimum Gasteiger partial charge on any atom is -0.477 e. The van der Waals surface area contributed by atoms with Crippen molar-refractivity contribution in [3.05, 3.63) is 18.0 Å². The molecule has 0 saturated heterocycles. The molecule has 1 rings (SSSR count). The van der Waals surface area contributed by atoms with Gasteiger partial charge < -0.3 is 15.2 Å². The molecular formula is C12H20N2O5S. The zero-order valence-corrected chi connectivity index (χ0v) is 12.3. The summed E-state index contributed by atoms with van der Waals surface area (Å²) in [5.74, 6) is -1.22. The van der Waals surface area contributed by atoms with E-state index in [1.807, 2.05) is 13.8 Å². The highest BCUT2D eigenvalue weighted by atomic mass is 32.2. The van der Waals surface area contributed by atoms with Gasteiger partial charge in [0.25, 0.3) is 0 Å². The SMILES string of the molecule is CCC(CC)(CO)CNS(=O)(=O)c1c[nH]c(C(=O)O)c1. The fourth-order valence-corrected chi connectivity index (χ4v) is 2.91. The Kier molecular flexibility index (Phi) is 5.32. The smallest absolute Gasteiger partial charge is 0.352 e. The predicted molar refractivity (Wildman–Crippen MR) is 73.0 cm³/mol. The molecule has 0 amide bonds. The largest absolute Gasteiger partial charge is 0.477 e. The number of aromatic carboxylic acids is 1. The zero-order valence-electron chi connectivity index (χ0n) is 11.5. The number of carbonyl (C=O) groups is 1. The number of aliphatic hydroxyl groups is 1. The van der Waals surface area contributed by atoms with E-state index < -0.39 is 21.4 Å². The van der Waals surface area contributed by atoms with E-state index >= 15 is 0 Å². The lowest BCUT2D eigenvalue weighted by molar-refractivity contribution is 0.0691. The summed E-state index contributed by atoms with van der Waals surface area (Å²) in [6, 6.07) is 1.06. The van der Waals surface area contributed by atoms with Gasteiger partial charge in [-0.2, -0.15) is 0 Å². The fraction of sp³-hybridized carbons (Fsp3) is 0.583. The Morgan fingerprint density at radius 2 is 2.00 bits per heavy atom. The van der Waals surface area contributed by atoms with Crippen molar-refractivity contribution in [1.29, 1.82) is 0 Å². The van der Waals surface area contributed by atoms with E-state index in [1.165, 1.54) is 0 Å². The Labute approximate surface area is 118 Å². The third kappa shape index (κ3) is 3.59. The molecule has 1 aromatic heterocycles. The number of carboxylic acids is 1. The Bertz CT molecular complexity index is 552. The molecular weight excluding hydrogens is 284 g/mol. The second kappa shape index (κ2) is 6.38. The van der Waals surface area contributed by atoms with Gasteiger partial charge in [0, 0.05) is 24.8 Å². The number of carboxylic acid groups (broad SMARTS) is 1. The summed E-state index contributed by atoms with van der Waals surface area (Å²) in [6.45, 7) is 3.75. The summed E-state index contributed by atoms with van der Waals surface area (Å²) in [4.78, 5) is 13.0. The van der Waals surface area contributed by atoms with E-state index in [9.17, 15) is 18.3 Å². The highest BCUT2D eigenvalue weighted by Gasteiger charge is 2.28. The van der Waals surface area contributed by atoms with Gasteiger partial charge in [-0.3, -0.25) is 0 Å². The molecule has 0 bridgehead atoms. The Hall–Kier alpha value is -1.38. The second-order valence-electron chi connectivity index (χ2n) is 4.74. The van der Waals surface area contributed by atoms with Gasteiger partial charge in [0.1, 0.15) is 10.6 Å². The van der Waals surface area contributed by atoms with Gasteiger partial charge in [0.05, 0.1) is 0 Å². The van der Waals surface area contributed by atoms with Crippen molar-refractivity contribution < 1.29 is 23.4 Å². The van der Waals surface area contributed by atoms with Crippen LogP contribution in [0.4, 0.5) is 0 Å². The van der Waals surface area contributed by atoms with Crippen molar-refractivity contribution in [1.82, 2.24) is 9.71 Å². The molecule has 7 nitrogen and oxygen atoms in total. The lowest BCUT2D eigenvalue weighted by atomic mass is 9.84. The number of aliphatic hydroxyl groups excluding tert-OH is 1. The molecule has 0 aliphatic rings. The van der Waals surface area contributed by atoms with Crippen molar-refractivity contribution in [2.45, 2.75) is 31.6 Å². The molecule has 0 atom stereocenters. The summed E-state index contributed by atoms with van der Waals surface area (Å²) < 4.78 is 26.5. The summed E-state index contributed by atoms with van der Waals surface area (Å²) in [6.07, 6.45) is 2.40. The first-order valence-electron chi connectivity index (χ1n) is 6.32. The van der Waals surface area contributed by atoms with Crippen LogP contribution in [0.25, 0.3) is 0 Å². The van der Waals surface area contributed by atoms with E-state index in [-0.39, 0.29) is 23.7 Å². The first kappa shape index (κ1) is 16.7. The lowest BCUT2D eigenvalue weighted by Crippen LogP contribution is -2.39. The number of H-pyrrole nitrogens is 1. The Balaban J connectivity index is 2.87. The molecule has 0 unspecified atom stereocenters. The molecule has 0 saturated carbocycles. The van der Waals surface area contributed by atoms with E-state index in [1.54, 1.807) is 0 Å². The van der Waals surface area contributed by atoms with Gasteiger partial charge in [-0.1, -0.05) is 13.8 Å². The van der Waals surface area contributed by atoms with Crippen LogP contribution in [-0.2, 0) is 10.0 Å². The van der Waals surface area contributed by atoms with Crippen LogP contribution in [0, 0.1) is 5.41 Å². The van der Waals surface area contributed by atoms with Gasteiger partial charge in [0.15, 0.2) is 0 Å². The van der Waals surface area contributed by atoms with Crippen LogP contribution in [-0.4, -0.2) is 42.7 Å². The maximum Gasteiger partial charge on any atom is 0.352 e. The highest BCUT2D eigenvalue weighted by molar-refractivity contribution is 7.89. The molecule has 0 aliphatic carbocycles. The molecule has 0 aliphatic heterocycles. The molecule has 20 heavy (non-hydrogen) atoms. The first-order valence-corrected chi connectivity index (χ1v) is 7.81. The van der Waals surface area contributed by atoms with Crippen molar-refractivity contribution in [3.63, 3.8) is 0 Å². The minimum absolute atomic E-state index is 0.104. The standard InChI is InChI=1S/C12H20N2O5S/c1-3-12(4-2,8-15)7-14-20(18,19)9-5-10(11(16)17)13-6-9/h5-6,13-15H,3-4,7-8H2,1-2H3,(H,16,17). The van der Waals surface area contributed by atoms with Crippen molar-refractivity contribution >= 4 is 16.0 Å². The second-order valence-corrected chi connectivity index (χ2v) is 6.51. The van der Waals surface area contributed by atoms with Crippen LogP contribution >= 0.6 is 0 Å². The van der Waals surface area contributed by atoms with E-state index in [2.05, 4.69) is 9.71 Å². The number of hydrogen-bond acceptors (Lipinski definition) is 4. The number of hydrogen-bond donors (Lipinski definition) is 4. The summed E-state index contributed by atoms with van der Waals surface area (Å²) in [7, 11) is -3.79. The molecule has 4 N–H and O–H groups in total. The normalized spacial score (nSPS) is 12.6. The molecule has 0 fully saturated rings.